The van der Waals surface area contributed by atoms with Crippen LogP contribution in [0.2, 0.25) is 0 Å². The minimum absolute atomic E-state index is 0.202. The lowest BCUT2D eigenvalue weighted by Gasteiger charge is -2.27. The first kappa shape index (κ1) is 16.0. The number of carboxylic acid groups (broad SMARTS) is 1. The number of nitrogens with zero attached hydrogens (tertiary/aromatic N) is 2. The first-order chi connectivity index (χ1) is 10.5. The number of nitrogens with one attached hydrogen (secondary N) is 2. The van der Waals surface area contributed by atoms with Crippen LogP contribution in [0.5, 0.6) is 0 Å². The number of aliphatic carboxylic acids is 1. The molecule has 22 heavy (non-hydrogen) atoms. The second kappa shape index (κ2) is 7.03. The van der Waals surface area contributed by atoms with Crippen LogP contribution < -0.4 is 11.1 Å². The highest BCUT2D eigenvalue weighted by atomic mass is 16.4. The zero-order chi connectivity index (χ0) is 16.1. The Morgan fingerprint density at radius 3 is 2.91 bits per heavy atom. The van der Waals surface area contributed by atoms with E-state index in [2.05, 4.69) is 15.3 Å². The van der Waals surface area contributed by atoms with Gasteiger partial charge in [-0.25, -0.2) is 9.78 Å². The van der Waals surface area contributed by atoms with E-state index in [1.54, 1.807) is 6.20 Å². The summed E-state index contributed by atoms with van der Waals surface area (Å²) in [6, 6.07) is -1.71. The Kier molecular flexibility index (Phi) is 5.10. The molecule has 2 heterocycles. The second-order valence-corrected chi connectivity index (χ2v) is 5.13. The van der Waals surface area contributed by atoms with Gasteiger partial charge in [-0.3, -0.25) is 9.59 Å². The third-order valence-corrected chi connectivity index (χ3v) is 3.62. The fourth-order valence-corrected chi connectivity index (χ4v) is 2.56. The van der Waals surface area contributed by atoms with Crippen molar-refractivity contribution in [1.82, 2.24) is 20.2 Å². The van der Waals surface area contributed by atoms with E-state index in [1.165, 1.54) is 11.2 Å². The van der Waals surface area contributed by atoms with E-state index in [0.717, 1.165) is 0 Å². The Balaban J connectivity index is 2.14. The molecule has 1 saturated heterocycles. The van der Waals surface area contributed by atoms with E-state index < -0.39 is 29.9 Å². The van der Waals surface area contributed by atoms with Gasteiger partial charge in [0, 0.05) is 24.9 Å². The van der Waals surface area contributed by atoms with Crippen LogP contribution in [0.4, 0.5) is 0 Å². The molecule has 1 aliphatic rings. The van der Waals surface area contributed by atoms with Gasteiger partial charge >= 0.3 is 5.97 Å². The molecule has 2 unspecified atom stereocenters. The Bertz CT molecular complexity index is 545. The van der Waals surface area contributed by atoms with Gasteiger partial charge in [0.25, 0.3) is 0 Å². The number of H-pyrrole nitrogens is 1. The molecule has 9 heteroatoms. The quantitative estimate of drug-likeness (QED) is 0.502. The number of amides is 2. The number of rotatable bonds is 6. The molecule has 0 bridgehead atoms. The Labute approximate surface area is 126 Å². The highest BCUT2D eigenvalue weighted by Crippen LogP contribution is 2.19. The molecule has 2 amide bonds. The second-order valence-electron chi connectivity index (χ2n) is 5.13. The molecule has 1 aliphatic heterocycles. The van der Waals surface area contributed by atoms with Gasteiger partial charge in [-0.15, -0.1) is 0 Å². The van der Waals surface area contributed by atoms with Crippen LogP contribution in [0.25, 0.3) is 0 Å². The lowest BCUT2D eigenvalue weighted by atomic mass is 10.1. The Morgan fingerprint density at radius 1 is 1.55 bits per heavy atom. The molecule has 1 aromatic rings. The molecule has 1 fully saturated rings. The molecule has 0 radical (unpaired) electrons. The van der Waals surface area contributed by atoms with Gasteiger partial charge in [0.1, 0.15) is 12.1 Å². The highest BCUT2D eigenvalue weighted by Gasteiger charge is 2.37. The van der Waals surface area contributed by atoms with Crippen LogP contribution in [0.15, 0.2) is 12.5 Å². The predicted octanol–water partition coefficient (Wildman–Crippen LogP) is -1.53. The summed E-state index contributed by atoms with van der Waals surface area (Å²) in [7, 11) is 0. The van der Waals surface area contributed by atoms with Gasteiger partial charge in [0.2, 0.25) is 11.8 Å². The number of carbonyl (C=O) groups excluding carboxylic acids is 2. The van der Waals surface area contributed by atoms with E-state index in [0.29, 0.717) is 25.1 Å². The molecule has 0 spiro atoms. The van der Waals surface area contributed by atoms with Crippen molar-refractivity contribution in [3.05, 3.63) is 18.2 Å². The number of likely N-dealkylation sites (tertiary alicyclic amines) is 1. The summed E-state index contributed by atoms with van der Waals surface area (Å²) in [5.74, 6) is -1.92. The van der Waals surface area contributed by atoms with Crippen molar-refractivity contribution in [2.45, 2.75) is 31.3 Å². The summed E-state index contributed by atoms with van der Waals surface area (Å²) >= 11 is 0. The van der Waals surface area contributed by atoms with E-state index in [-0.39, 0.29) is 13.0 Å². The Hall–Kier alpha value is -2.42. The van der Waals surface area contributed by atoms with Crippen LogP contribution in [-0.2, 0) is 20.8 Å². The normalized spacial score (nSPS) is 19.0. The van der Waals surface area contributed by atoms with Crippen LogP contribution in [0.1, 0.15) is 18.5 Å². The monoisotopic (exact) mass is 309 g/mol. The molecular formula is C13H19N5O4. The zero-order valence-corrected chi connectivity index (χ0v) is 12.0. The average Bonchev–Trinajstić information content (AvgIpc) is 3.16. The van der Waals surface area contributed by atoms with Gasteiger partial charge in [-0.05, 0) is 12.8 Å². The molecular weight excluding hydrogens is 290 g/mol. The predicted molar refractivity (Wildman–Crippen MR) is 75.6 cm³/mol. The molecule has 0 aromatic carbocycles. The first-order valence-corrected chi connectivity index (χ1v) is 7.03. The summed E-state index contributed by atoms with van der Waals surface area (Å²) in [6.07, 6.45) is 4.27. The summed E-state index contributed by atoms with van der Waals surface area (Å²) in [4.78, 5) is 43.4. The van der Waals surface area contributed by atoms with Gasteiger partial charge in [0.05, 0.1) is 12.9 Å². The maximum atomic E-state index is 12.6. The molecule has 0 saturated carbocycles. The highest BCUT2D eigenvalue weighted by molar-refractivity contribution is 5.91. The molecule has 2 atom stereocenters. The van der Waals surface area contributed by atoms with Crippen molar-refractivity contribution in [3.8, 4) is 0 Å². The van der Waals surface area contributed by atoms with Gasteiger partial charge in [-0.2, -0.15) is 0 Å². The van der Waals surface area contributed by atoms with Crippen molar-refractivity contribution in [3.63, 3.8) is 0 Å². The number of nitrogens with two attached hydrogens (primary N) is 1. The zero-order valence-electron chi connectivity index (χ0n) is 12.0. The third kappa shape index (κ3) is 3.61. The van der Waals surface area contributed by atoms with Crippen molar-refractivity contribution >= 4 is 17.8 Å². The average molecular weight is 309 g/mol. The van der Waals surface area contributed by atoms with Gasteiger partial charge in [0.15, 0.2) is 0 Å². The smallest absolute Gasteiger partial charge is 0.326 e. The van der Waals surface area contributed by atoms with Crippen molar-refractivity contribution in [2.75, 3.05) is 13.1 Å². The molecule has 5 N–H and O–H groups in total. The van der Waals surface area contributed by atoms with Crippen molar-refractivity contribution in [1.29, 1.82) is 0 Å². The summed E-state index contributed by atoms with van der Waals surface area (Å²) < 4.78 is 0. The fraction of sp³-hybridized carbons (Fsp3) is 0.538. The lowest BCUT2D eigenvalue weighted by Crippen LogP contribution is -2.53. The third-order valence-electron chi connectivity index (χ3n) is 3.62. The number of carboxylic acids is 1. The van der Waals surface area contributed by atoms with E-state index in [9.17, 15) is 19.5 Å². The van der Waals surface area contributed by atoms with Crippen molar-refractivity contribution in [2.24, 2.45) is 5.73 Å². The number of hydrogen-bond donors (Lipinski definition) is 4. The first-order valence-electron chi connectivity index (χ1n) is 7.03. The molecule has 120 valence electrons. The van der Waals surface area contributed by atoms with E-state index in [1.807, 2.05) is 0 Å². The Morgan fingerprint density at radius 2 is 2.32 bits per heavy atom. The standard InChI is InChI=1S/C13H19N5O4/c14-5-11(19)17-9(4-8-6-15-7-16-8)12(20)18-3-1-2-10(18)13(21)22/h6-7,9-10H,1-5,14H2,(H,15,16)(H,17,19)(H,21,22). The van der Waals surface area contributed by atoms with Crippen LogP contribution in [-0.4, -0.2) is 62.9 Å². The van der Waals surface area contributed by atoms with E-state index in [4.69, 9.17) is 5.73 Å². The van der Waals surface area contributed by atoms with Gasteiger partial charge in [-0.1, -0.05) is 0 Å². The number of imidazole rings is 1. The topological polar surface area (TPSA) is 141 Å². The molecule has 0 aliphatic carbocycles. The maximum absolute atomic E-state index is 12.6. The summed E-state index contributed by atoms with van der Waals surface area (Å²) in [5.41, 5.74) is 5.94. The minimum atomic E-state index is -1.03. The minimum Gasteiger partial charge on any atom is -0.480 e. The number of hydrogen-bond acceptors (Lipinski definition) is 5. The molecule has 2 rings (SSSR count). The summed E-state index contributed by atoms with van der Waals surface area (Å²) in [6.45, 7) is 0.128. The summed E-state index contributed by atoms with van der Waals surface area (Å²) in [5, 5.41) is 11.7. The fourth-order valence-electron chi connectivity index (χ4n) is 2.56. The lowest BCUT2D eigenvalue weighted by molar-refractivity contribution is -0.149. The number of aromatic amines is 1. The largest absolute Gasteiger partial charge is 0.480 e. The van der Waals surface area contributed by atoms with Crippen LogP contribution >= 0.6 is 0 Å². The van der Waals surface area contributed by atoms with Crippen LogP contribution in [0.3, 0.4) is 0 Å². The van der Waals surface area contributed by atoms with Crippen LogP contribution in [0, 0.1) is 0 Å². The number of carbonyl (C=O) groups is 3. The van der Waals surface area contributed by atoms with Gasteiger partial charge < -0.3 is 26.0 Å². The molecule has 1 aromatic heterocycles. The number of aromatic nitrogens is 2. The maximum Gasteiger partial charge on any atom is 0.326 e. The van der Waals surface area contributed by atoms with E-state index >= 15 is 0 Å². The SMILES string of the molecule is NCC(=O)NC(Cc1cnc[nH]1)C(=O)N1CCCC1C(=O)O. The molecule has 9 nitrogen and oxygen atoms in total. The van der Waals surface area contributed by atoms with Crippen molar-refractivity contribution < 1.29 is 19.5 Å².